The molecule has 6 nitrogen and oxygen atoms in total. The van der Waals surface area contributed by atoms with Gasteiger partial charge in [-0.3, -0.25) is 9.52 Å². The molecule has 0 spiro atoms. The maximum absolute atomic E-state index is 12.6. The van der Waals surface area contributed by atoms with E-state index in [1.54, 1.807) is 36.4 Å². The number of nitrogens with two attached hydrogens (primary N) is 1. The minimum atomic E-state index is -3.65. The van der Waals surface area contributed by atoms with E-state index in [1.807, 2.05) is 6.07 Å². The Hall–Kier alpha value is -2.54. The third kappa shape index (κ3) is 4.30. The lowest BCUT2D eigenvalue weighted by atomic mass is 9.92. The first-order valence-corrected chi connectivity index (χ1v) is 9.58. The molecule has 2 aromatic carbocycles. The van der Waals surface area contributed by atoms with Gasteiger partial charge in [0.15, 0.2) is 6.61 Å². The third-order valence-electron chi connectivity index (χ3n) is 4.12. The number of aryl methyl sites for hydroxylation is 2. The second kappa shape index (κ2) is 7.14. The summed E-state index contributed by atoms with van der Waals surface area (Å²) >= 11 is 0. The van der Waals surface area contributed by atoms with E-state index in [4.69, 9.17) is 10.5 Å². The lowest BCUT2D eigenvalue weighted by Crippen LogP contribution is -2.20. The van der Waals surface area contributed by atoms with E-state index in [0.29, 0.717) is 11.4 Å². The van der Waals surface area contributed by atoms with Gasteiger partial charge in [0, 0.05) is 5.69 Å². The van der Waals surface area contributed by atoms with E-state index in [2.05, 4.69) is 4.72 Å². The predicted molar refractivity (Wildman–Crippen MR) is 95.0 cm³/mol. The minimum absolute atomic E-state index is 0.222. The second-order valence-electron chi connectivity index (χ2n) is 6.02. The highest BCUT2D eigenvalue weighted by Gasteiger charge is 2.18. The molecule has 0 aliphatic heterocycles. The van der Waals surface area contributed by atoms with Crippen LogP contribution in [0.25, 0.3) is 0 Å². The Balaban J connectivity index is 1.74. The quantitative estimate of drug-likeness (QED) is 0.825. The largest absolute Gasteiger partial charge is 0.484 e. The monoisotopic (exact) mass is 360 g/mol. The number of hydrogen-bond acceptors (Lipinski definition) is 4. The third-order valence-corrected chi connectivity index (χ3v) is 5.50. The first kappa shape index (κ1) is 17.3. The number of ether oxygens (including phenoxy) is 1. The van der Waals surface area contributed by atoms with Crippen molar-refractivity contribution in [2.45, 2.75) is 30.6 Å². The number of hydrogen-bond donors (Lipinski definition) is 2. The summed E-state index contributed by atoms with van der Waals surface area (Å²) in [6, 6.07) is 11.6. The Morgan fingerprint density at radius 1 is 1.04 bits per heavy atom. The van der Waals surface area contributed by atoms with Crippen molar-refractivity contribution in [2.24, 2.45) is 5.73 Å². The summed E-state index contributed by atoms with van der Waals surface area (Å²) in [7, 11) is -3.65. The zero-order chi connectivity index (χ0) is 17.9. The summed E-state index contributed by atoms with van der Waals surface area (Å²) < 4.78 is 32.9. The fraction of sp³-hybridized carbons (Fsp3) is 0.278. The van der Waals surface area contributed by atoms with Crippen molar-refractivity contribution in [3.63, 3.8) is 0 Å². The van der Waals surface area contributed by atoms with Crippen LogP contribution in [0, 0.1) is 0 Å². The average molecular weight is 360 g/mol. The van der Waals surface area contributed by atoms with Gasteiger partial charge in [-0.1, -0.05) is 6.07 Å². The van der Waals surface area contributed by atoms with Gasteiger partial charge in [-0.2, -0.15) is 0 Å². The van der Waals surface area contributed by atoms with Crippen molar-refractivity contribution in [2.75, 3.05) is 11.3 Å². The van der Waals surface area contributed by atoms with Crippen molar-refractivity contribution < 1.29 is 17.9 Å². The molecule has 0 saturated carbocycles. The first-order chi connectivity index (χ1) is 11.9. The predicted octanol–water partition coefficient (Wildman–Crippen LogP) is 2.23. The fourth-order valence-electron chi connectivity index (χ4n) is 2.86. The van der Waals surface area contributed by atoms with Crippen LogP contribution in [0.4, 0.5) is 5.69 Å². The smallest absolute Gasteiger partial charge is 0.261 e. The lowest BCUT2D eigenvalue weighted by molar-refractivity contribution is -0.119. The van der Waals surface area contributed by atoms with Crippen LogP contribution in [-0.2, 0) is 27.7 Å². The number of fused-ring (bicyclic) bond motifs is 1. The number of amides is 1. The van der Waals surface area contributed by atoms with Crippen molar-refractivity contribution in [3.05, 3.63) is 53.6 Å². The van der Waals surface area contributed by atoms with E-state index in [1.165, 1.54) is 5.56 Å². The zero-order valence-electron chi connectivity index (χ0n) is 13.7. The SMILES string of the molecule is NC(=O)COc1ccc(NS(=O)(=O)c2ccc3c(c2)CCCC3)cc1. The molecule has 7 heteroatoms. The molecule has 3 N–H and O–H groups in total. The van der Waals surface area contributed by atoms with Crippen LogP contribution in [0.1, 0.15) is 24.0 Å². The molecule has 0 unspecified atom stereocenters. The number of nitrogens with one attached hydrogen (secondary N) is 1. The van der Waals surface area contributed by atoms with E-state index in [9.17, 15) is 13.2 Å². The van der Waals surface area contributed by atoms with Crippen LogP contribution in [0.5, 0.6) is 5.75 Å². The second-order valence-corrected chi connectivity index (χ2v) is 7.70. The van der Waals surface area contributed by atoms with Crippen molar-refractivity contribution >= 4 is 21.6 Å². The lowest BCUT2D eigenvalue weighted by Gasteiger charge is -2.17. The Bertz CT molecular complexity index is 876. The van der Waals surface area contributed by atoms with E-state index in [-0.39, 0.29) is 11.5 Å². The molecule has 1 aliphatic rings. The molecule has 25 heavy (non-hydrogen) atoms. The highest BCUT2D eigenvalue weighted by molar-refractivity contribution is 7.92. The molecule has 2 aromatic rings. The molecule has 0 saturated heterocycles. The molecule has 3 rings (SSSR count). The van der Waals surface area contributed by atoms with E-state index < -0.39 is 15.9 Å². The van der Waals surface area contributed by atoms with Gasteiger partial charge in [0.25, 0.3) is 15.9 Å². The Morgan fingerprint density at radius 2 is 1.72 bits per heavy atom. The topological polar surface area (TPSA) is 98.5 Å². The number of carbonyl (C=O) groups excluding carboxylic acids is 1. The highest BCUT2D eigenvalue weighted by Crippen LogP contribution is 2.25. The van der Waals surface area contributed by atoms with E-state index >= 15 is 0 Å². The van der Waals surface area contributed by atoms with Gasteiger partial charge in [-0.05, 0) is 73.2 Å². The normalized spacial score (nSPS) is 13.8. The molecule has 0 heterocycles. The number of sulfonamides is 1. The standard InChI is InChI=1S/C18H20N2O4S/c19-18(21)12-24-16-8-6-15(7-9-16)20-25(22,23)17-10-5-13-3-1-2-4-14(13)11-17/h5-11,20H,1-4,12H2,(H2,19,21). The van der Waals surface area contributed by atoms with E-state index in [0.717, 1.165) is 31.2 Å². The van der Waals surface area contributed by atoms with Crippen LogP contribution >= 0.6 is 0 Å². The maximum atomic E-state index is 12.6. The van der Waals surface area contributed by atoms with Crippen molar-refractivity contribution in [3.8, 4) is 5.75 Å². The van der Waals surface area contributed by atoms with Crippen LogP contribution < -0.4 is 15.2 Å². The summed E-state index contributed by atoms with van der Waals surface area (Å²) in [6.45, 7) is -0.222. The summed E-state index contributed by atoms with van der Waals surface area (Å²) in [6.07, 6.45) is 4.18. The molecule has 0 aromatic heterocycles. The summed E-state index contributed by atoms with van der Waals surface area (Å²) in [5.74, 6) is -0.132. The molecular weight excluding hydrogens is 340 g/mol. The number of carbonyl (C=O) groups is 1. The minimum Gasteiger partial charge on any atom is -0.484 e. The summed E-state index contributed by atoms with van der Waals surface area (Å²) in [5.41, 5.74) is 7.78. The van der Waals surface area contributed by atoms with Gasteiger partial charge in [-0.15, -0.1) is 0 Å². The number of rotatable bonds is 6. The van der Waals surface area contributed by atoms with Gasteiger partial charge in [0.2, 0.25) is 0 Å². The van der Waals surface area contributed by atoms with Crippen molar-refractivity contribution in [1.82, 2.24) is 0 Å². The van der Waals surface area contributed by atoms with Crippen LogP contribution in [0.15, 0.2) is 47.4 Å². The molecule has 0 radical (unpaired) electrons. The van der Waals surface area contributed by atoms with Crippen LogP contribution in [-0.4, -0.2) is 20.9 Å². The summed E-state index contributed by atoms with van der Waals surface area (Å²) in [5, 5.41) is 0. The number of benzene rings is 2. The number of anilines is 1. The Labute approximate surface area is 147 Å². The van der Waals surface area contributed by atoms with Gasteiger partial charge in [-0.25, -0.2) is 8.42 Å². The Kier molecular flexibility index (Phi) is 4.94. The zero-order valence-corrected chi connectivity index (χ0v) is 14.5. The number of primary amides is 1. The first-order valence-electron chi connectivity index (χ1n) is 8.10. The summed E-state index contributed by atoms with van der Waals surface area (Å²) in [4.78, 5) is 11.0. The fourth-order valence-corrected chi connectivity index (χ4v) is 3.97. The average Bonchev–Trinajstić information content (AvgIpc) is 2.60. The van der Waals surface area contributed by atoms with Crippen LogP contribution in [0.2, 0.25) is 0 Å². The highest BCUT2D eigenvalue weighted by atomic mass is 32.2. The van der Waals surface area contributed by atoms with Crippen molar-refractivity contribution in [1.29, 1.82) is 0 Å². The molecule has 0 fully saturated rings. The van der Waals surface area contributed by atoms with Gasteiger partial charge >= 0.3 is 0 Å². The molecule has 1 amide bonds. The van der Waals surface area contributed by atoms with Crippen LogP contribution in [0.3, 0.4) is 0 Å². The maximum Gasteiger partial charge on any atom is 0.261 e. The molecule has 0 bridgehead atoms. The Morgan fingerprint density at radius 3 is 2.40 bits per heavy atom. The molecule has 1 aliphatic carbocycles. The van der Waals surface area contributed by atoms with Gasteiger partial charge in [0.1, 0.15) is 5.75 Å². The van der Waals surface area contributed by atoms with Gasteiger partial charge in [0.05, 0.1) is 4.90 Å². The molecule has 132 valence electrons. The molecule has 0 atom stereocenters. The molecular formula is C18H20N2O4S. The van der Waals surface area contributed by atoms with Gasteiger partial charge < -0.3 is 10.5 Å².